The van der Waals surface area contributed by atoms with E-state index in [0.717, 1.165) is 5.56 Å². The summed E-state index contributed by atoms with van der Waals surface area (Å²) in [7, 11) is 0. The van der Waals surface area contributed by atoms with Crippen molar-refractivity contribution < 1.29 is 14.7 Å². The summed E-state index contributed by atoms with van der Waals surface area (Å²) in [6.45, 7) is 8.25. The Hall–Kier alpha value is -2.64. The molecular formula is C24H30ClN3O4. The number of benzene rings is 1. The number of nitrogens with one attached hydrogen (secondary N) is 2. The molecule has 0 radical (unpaired) electrons. The van der Waals surface area contributed by atoms with E-state index in [4.69, 9.17) is 11.6 Å². The minimum atomic E-state index is -1.12. The van der Waals surface area contributed by atoms with Crippen molar-refractivity contribution in [1.82, 2.24) is 15.2 Å². The number of amides is 2. The molecule has 0 bridgehead atoms. The standard InChI is InChI=1S/C24H30ClN3O4/c1-15(2)20(27-21(30)18-6-5-7-19(29)26-18)22(31)28-13-12-24(32,23(3,4)14-28)16-8-10-17(25)11-9-16/h5-11,15,20,32H,12-14H2,1-4H3,(H,26,29)(H,27,30)/t20-,24+/m1/s1. The van der Waals surface area contributed by atoms with Gasteiger partial charge in [0.25, 0.3) is 5.91 Å². The highest BCUT2D eigenvalue weighted by atomic mass is 35.5. The number of carbonyl (C=O) groups excluding carboxylic acids is 2. The zero-order valence-electron chi connectivity index (χ0n) is 18.8. The SMILES string of the molecule is CC(C)[C@@H](NC(=O)c1cccc(=O)[nH]1)C(=O)N1CC[C@](O)(c2ccc(Cl)cc2)C(C)(C)C1. The first kappa shape index (κ1) is 24.0. The number of hydrogen-bond donors (Lipinski definition) is 3. The number of nitrogens with zero attached hydrogens (tertiary/aromatic N) is 1. The molecule has 7 nitrogen and oxygen atoms in total. The Labute approximate surface area is 192 Å². The third-order valence-electron chi connectivity index (χ3n) is 6.32. The summed E-state index contributed by atoms with van der Waals surface area (Å²) in [5.41, 5.74) is -1.27. The number of aromatic amines is 1. The second-order valence-electron chi connectivity index (χ2n) is 9.38. The summed E-state index contributed by atoms with van der Waals surface area (Å²) in [4.78, 5) is 41.7. The lowest BCUT2D eigenvalue weighted by molar-refractivity contribution is -0.155. The maximum Gasteiger partial charge on any atom is 0.268 e. The molecule has 0 aliphatic carbocycles. The van der Waals surface area contributed by atoms with Crippen LogP contribution in [0.1, 0.15) is 50.2 Å². The Bertz CT molecular complexity index is 1050. The fraction of sp³-hybridized carbons (Fsp3) is 0.458. The van der Waals surface area contributed by atoms with Crippen molar-refractivity contribution in [3.63, 3.8) is 0 Å². The molecule has 1 aliphatic rings. The molecular weight excluding hydrogens is 430 g/mol. The molecule has 32 heavy (non-hydrogen) atoms. The minimum Gasteiger partial charge on any atom is -0.384 e. The van der Waals surface area contributed by atoms with E-state index in [2.05, 4.69) is 10.3 Å². The van der Waals surface area contributed by atoms with Gasteiger partial charge in [0.15, 0.2) is 0 Å². The molecule has 172 valence electrons. The molecule has 1 aromatic heterocycles. The van der Waals surface area contributed by atoms with Gasteiger partial charge in [0.05, 0.1) is 5.60 Å². The van der Waals surface area contributed by atoms with Crippen LogP contribution in [0.4, 0.5) is 0 Å². The summed E-state index contributed by atoms with van der Waals surface area (Å²) in [6.07, 6.45) is 0.359. The highest BCUT2D eigenvalue weighted by Gasteiger charge is 2.50. The van der Waals surface area contributed by atoms with Gasteiger partial charge in [-0.25, -0.2) is 0 Å². The smallest absolute Gasteiger partial charge is 0.268 e. The highest BCUT2D eigenvalue weighted by Crippen LogP contribution is 2.46. The van der Waals surface area contributed by atoms with Gasteiger partial charge in [0.2, 0.25) is 11.5 Å². The van der Waals surface area contributed by atoms with Crippen LogP contribution < -0.4 is 10.9 Å². The molecule has 8 heteroatoms. The van der Waals surface area contributed by atoms with Gasteiger partial charge in [-0.05, 0) is 36.1 Å². The first-order chi connectivity index (χ1) is 14.9. The molecule has 3 rings (SSSR count). The van der Waals surface area contributed by atoms with Gasteiger partial charge >= 0.3 is 0 Å². The van der Waals surface area contributed by atoms with Crippen molar-refractivity contribution in [1.29, 1.82) is 0 Å². The number of H-pyrrole nitrogens is 1. The van der Waals surface area contributed by atoms with Crippen molar-refractivity contribution in [2.45, 2.75) is 45.8 Å². The first-order valence-electron chi connectivity index (χ1n) is 10.7. The van der Waals surface area contributed by atoms with Crippen molar-refractivity contribution in [2.24, 2.45) is 11.3 Å². The van der Waals surface area contributed by atoms with Gasteiger partial charge in [-0.1, -0.05) is 57.5 Å². The lowest BCUT2D eigenvalue weighted by Gasteiger charge is -2.51. The van der Waals surface area contributed by atoms with Crippen LogP contribution in [0.3, 0.4) is 0 Å². The van der Waals surface area contributed by atoms with Crippen molar-refractivity contribution in [3.8, 4) is 0 Å². The number of hydrogen-bond acceptors (Lipinski definition) is 4. The van der Waals surface area contributed by atoms with Gasteiger partial charge in [0.1, 0.15) is 11.7 Å². The van der Waals surface area contributed by atoms with E-state index >= 15 is 0 Å². The number of aromatic nitrogens is 1. The molecule has 3 N–H and O–H groups in total. The molecule has 0 unspecified atom stereocenters. The number of piperidine rings is 1. The fourth-order valence-corrected chi connectivity index (χ4v) is 4.41. The summed E-state index contributed by atoms with van der Waals surface area (Å²) in [5, 5.41) is 14.9. The highest BCUT2D eigenvalue weighted by molar-refractivity contribution is 6.30. The second-order valence-corrected chi connectivity index (χ2v) is 9.82. The maximum atomic E-state index is 13.4. The van der Waals surface area contributed by atoms with Gasteiger partial charge < -0.3 is 20.3 Å². The van der Waals surface area contributed by atoms with Crippen LogP contribution >= 0.6 is 11.6 Å². The molecule has 2 amide bonds. The molecule has 2 heterocycles. The lowest BCUT2D eigenvalue weighted by atomic mass is 9.66. The predicted octanol–water partition coefficient (Wildman–Crippen LogP) is 2.93. The van der Waals surface area contributed by atoms with E-state index in [1.54, 1.807) is 17.0 Å². The quantitative estimate of drug-likeness (QED) is 0.639. The number of pyridine rings is 1. The van der Waals surface area contributed by atoms with E-state index in [-0.39, 0.29) is 23.1 Å². The third kappa shape index (κ3) is 4.74. The monoisotopic (exact) mass is 459 g/mol. The third-order valence-corrected chi connectivity index (χ3v) is 6.57. The fourth-order valence-electron chi connectivity index (χ4n) is 4.28. The van der Waals surface area contributed by atoms with Crippen molar-refractivity contribution in [3.05, 3.63) is 69.1 Å². The number of aliphatic hydroxyl groups is 1. The number of rotatable bonds is 5. The summed E-state index contributed by atoms with van der Waals surface area (Å²) < 4.78 is 0. The van der Waals surface area contributed by atoms with Crippen LogP contribution in [-0.4, -0.2) is 45.9 Å². The molecule has 0 saturated carbocycles. The molecule has 1 fully saturated rings. The number of halogens is 1. The Balaban J connectivity index is 1.78. The zero-order valence-corrected chi connectivity index (χ0v) is 19.6. The Morgan fingerprint density at radius 2 is 1.81 bits per heavy atom. The van der Waals surface area contributed by atoms with Gasteiger partial charge in [-0.2, -0.15) is 0 Å². The Morgan fingerprint density at radius 3 is 2.38 bits per heavy atom. The van der Waals surface area contributed by atoms with Crippen LogP contribution in [0, 0.1) is 11.3 Å². The van der Waals surface area contributed by atoms with E-state index < -0.39 is 23.0 Å². The molecule has 1 saturated heterocycles. The zero-order chi connectivity index (χ0) is 23.7. The first-order valence-corrected chi connectivity index (χ1v) is 11.1. The summed E-state index contributed by atoms with van der Waals surface area (Å²) in [5.74, 6) is -0.886. The predicted molar refractivity (Wildman–Crippen MR) is 123 cm³/mol. The normalized spacial score (nSPS) is 21.3. The van der Waals surface area contributed by atoms with Gasteiger partial charge in [0, 0.05) is 29.6 Å². The topological polar surface area (TPSA) is 102 Å². The van der Waals surface area contributed by atoms with E-state index in [0.29, 0.717) is 24.5 Å². The maximum absolute atomic E-state index is 13.4. The van der Waals surface area contributed by atoms with Crippen LogP contribution in [0.5, 0.6) is 0 Å². The van der Waals surface area contributed by atoms with Crippen LogP contribution in [0.2, 0.25) is 5.02 Å². The van der Waals surface area contributed by atoms with Gasteiger partial charge in [-0.3, -0.25) is 14.4 Å². The lowest BCUT2D eigenvalue weighted by Crippen LogP contribution is -2.60. The Kier molecular flexibility index (Phi) is 6.81. The molecule has 1 aliphatic heterocycles. The molecule has 2 atom stereocenters. The molecule has 2 aromatic rings. The minimum absolute atomic E-state index is 0.104. The van der Waals surface area contributed by atoms with E-state index in [9.17, 15) is 19.5 Å². The van der Waals surface area contributed by atoms with Crippen LogP contribution in [-0.2, 0) is 10.4 Å². The van der Waals surface area contributed by atoms with Gasteiger partial charge in [-0.15, -0.1) is 0 Å². The van der Waals surface area contributed by atoms with E-state index in [1.807, 2.05) is 39.8 Å². The van der Waals surface area contributed by atoms with Crippen molar-refractivity contribution >= 4 is 23.4 Å². The van der Waals surface area contributed by atoms with Crippen LogP contribution in [0.25, 0.3) is 0 Å². The summed E-state index contributed by atoms with van der Waals surface area (Å²) in [6, 6.07) is 10.7. The summed E-state index contributed by atoms with van der Waals surface area (Å²) >= 11 is 6.00. The molecule has 1 aromatic carbocycles. The Morgan fingerprint density at radius 1 is 1.16 bits per heavy atom. The molecule has 0 spiro atoms. The second kappa shape index (κ2) is 9.08. The number of carbonyl (C=O) groups is 2. The average molecular weight is 460 g/mol. The van der Waals surface area contributed by atoms with Crippen LogP contribution in [0.15, 0.2) is 47.3 Å². The van der Waals surface area contributed by atoms with E-state index in [1.165, 1.54) is 18.2 Å². The largest absolute Gasteiger partial charge is 0.384 e. The number of likely N-dealkylation sites (tertiary alicyclic amines) is 1. The van der Waals surface area contributed by atoms with Crippen molar-refractivity contribution in [2.75, 3.05) is 13.1 Å². The average Bonchev–Trinajstić information content (AvgIpc) is 2.73.